The number of aromatic carboxylic acids is 1. The average molecular weight is 309 g/mol. The highest BCUT2D eigenvalue weighted by Gasteiger charge is 2.17. The minimum Gasteiger partial charge on any atom is -0.478 e. The quantitative estimate of drug-likeness (QED) is 0.909. The van der Waals surface area contributed by atoms with Gasteiger partial charge in [0, 0.05) is 0 Å². The van der Waals surface area contributed by atoms with E-state index in [2.05, 4.69) is 4.72 Å². The molecule has 0 spiro atoms. The van der Waals surface area contributed by atoms with Crippen molar-refractivity contribution in [3.63, 3.8) is 0 Å². The van der Waals surface area contributed by atoms with Gasteiger partial charge in [0.15, 0.2) is 0 Å². The SMILES string of the molecule is Cc1ccc(F)c(NS(=O)(=O)c2ccc(C(=O)O)cc2)c1. The maximum atomic E-state index is 13.6. The fourth-order valence-corrected chi connectivity index (χ4v) is 2.76. The third kappa shape index (κ3) is 3.38. The Bertz CT molecular complexity index is 785. The van der Waals surface area contributed by atoms with Crippen LogP contribution < -0.4 is 4.72 Å². The third-order valence-electron chi connectivity index (χ3n) is 2.78. The second-order valence-corrected chi connectivity index (χ2v) is 6.10. The van der Waals surface area contributed by atoms with Crippen LogP contribution in [0.3, 0.4) is 0 Å². The first-order chi connectivity index (χ1) is 9.79. The second kappa shape index (κ2) is 5.53. The van der Waals surface area contributed by atoms with Gasteiger partial charge in [-0.05, 0) is 48.9 Å². The van der Waals surface area contributed by atoms with E-state index in [1.54, 1.807) is 6.92 Å². The largest absolute Gasteiger partial charge is 0.478 e. The Labute approximate surface area is 121 Å². The lowest BCUT2D eigenvalue weighted by molar-refractivity contribution is 0.0696. The molecule has 0 atom stereocenters. The number of anilines is 1. The molecule has 0 unspecified atom stereocenters. The Morgan fingerprint density at radius 1 is 1.14 bits per heavy atom. The molecular formula is C14H12FNO4S. The van der Waals surface area contributed by atoms with Crippen molar-refractivity contribution < 1.29 is 22.7 Å². The molecule has 7 heteroatoms. The highest BCUT2D eigenvalue weighted by molar-refractivity contribution is 7.92. The zero-order valence-electron chi connectivity index (χ0n) is 11.0. The number of sulfonamides is 1. The zero-order valence-corrected chi connectivity index (χ0v) is 11.8. The van der Waals surface area contributed by atoms with Gasteiger partial charge >= 0.3 is 5.97 Å². The summed E-state index contributed by atoms with van der Waals surface area (Å²) in [5, 5.41) is 8.77. The maximum absolute atomic E-state index is 13.6. The van der Waals surface area contributed by atoms with Crippen LogP contribution in [0.15, 0.2) is 47.4 Å². The average Bonchev–Trinajstić information content (AvgIpc) is 2.43. The summed E-state index contributed by atoms with van der Waals surface area (Å²) >= 11 is 0. The molecule has 0 amide bonds. The summed E-state index contributed by atoms with van der Waals surface area (Å²) in [6.45, 7) is 1.71. The van der Waals surface area contributed by atoms with Gasteiger partial charge in [-0.3, -0.25) is 4.72 Å². The van der Waals surface area contributed by atoms with Crippen molar-refractivity contribution in [2.45, 2.75) is 11.8 Å². The lowest BCUT2D eigenvalue weighted by atomic mass is 10.2. The summed E-state index contributed by atoms with van der Waals surface area (Å²) < 4.78 is 40.0. The van der Waals surface area contributed by atoms with Crippen molar-refractivity contribution in [3.8, 4) is 0 Å². The van der Waals surface area contributed by atoms with E-state index in [0.717, 1.165) is 12.1 Å². The molecule has 0 aliphatic heterocycles. The lowest BCUT2D eigenvalue weighted by Gasteiger charge is -2.10. The smallest absolute Gasteiger partial charge is 0.335 e. The van der Waals surface area contributed by atoms with Crippen LogP contribution in [0.2, 0.25) is 0 Å². The summed E-state index contributed by atoms with van der Waals surface area (Å²) in [5.41, 5.74) is 0.517. The monoisotopic (exact) mass is 309 g/mol. The van der Waals surface area contributed by atoms with Crippen molar-refractivity contribution in [1.82, 2.24) is 0 Å². The van der Waals surface area contributed by atoms with Crippen LogP contribution in [0.4, 0.5) is 10.1 Å². The number of aryl methyl sites for hydroxylation is 1. The number of rotatable bonds is 4. The van der Waals surface area contributed by atoms with Crippen LogP contribution in [-0.4, -0.2) is 19.5 Å². The van der Waals surface area contributed by atoms with Gasteiger partial charge in [0.05, 0.1) is 16.1 Å². The van der Waals surface area contributed by atoms with Gasteiger partial charge in [-0.2, -0.15) is 0 Å². The van der Waals surface area contributed by atoms with Crippen molar-refractivity contribution in [2.75, 3.05) is 4.72 Å². The van der Waals surface area contributed by atoms with Gasteiger partial charge in [0.2, 0.25) is 0 Å². The molecule has 0 fully saturated rings. The van der Waals surface area contributed by atoms with Gasteiger partial charge < -0.3 is 5.11 Å². The predicted molar refractivity (Wildman–Crippen MR) is 75.3 cm³/mol. The van der Waals surface area contributed by atoms with Crippen LogP contribution in [0, 0.1) is 12.7 Å². The first-order valence-corrected chi connectivity index (χ1v) is 7.40. The highest BCUT2D eigenvalue weighted by Crippen LogP contribution is 2.20. The molecule has 0 heterocycles. The van der Waals surface area contributed by atoms with Crippen molar-refractivity contribution in [2.24, 2.45) is 0 Å². The van der Waals surface area contributed by atoms with E-state index >= 15 is 0 Å². The minimum absolute atomic E-state index is 0.0318. The topological polar surface area (TPSA) is 83.5 Å². The molecule has 0 aliphatic carbocycles. The van der Waals surface area contributed by atoms with Crippen LogP contribution in [0.5, 0.6) is 0 Å². The summed E-state index contributed by atoms with van der Waals surface area (Å²) in [5.74, 6) is -1.84. The number of benzene rings is 2. The van der Waals surface area contributed by atoms with E-state index in [0.29, 0.717) is 5.56 Å². The number of carboxylic acid groups (broad SMARTS) is 1. The van der Waals surface area contributed by atoms with Crippen LogP contribution in [0.25, 0.3) is 0 Å². The molecule has 0 saturated heterocycles. The number of hydrogen-bond acceptors (Lipinski definition) is 3. The van der Waals surface area contributed by atoms with E-state index in [1.807, 2.05) is 0 Å². The Balaban J connectivity index is 2.34. The summed E-state index contributed by atoms with van der Waals surface area (Å²) in [6, 6.07) is 8.71. The molecule has 0 bridgehead atoms. The molecule has 2 rings (SSSR count). The molecule has 2 aromatic rings. The molecule has 21 heavy (non-hydrogen) atoms. The Hall–Kier alpha value is -2.41. The highest BCUT2D eigenvalue weighted by atomic mass is 32.2. The number of carbonyl (C=O) groups is 1. The Morgan fingerprint density at radius 2 is 1.76 bits per heavy atom. The Morgan fingerprint density at radius 3 is 2.33 bits per heavy atom. The van der Waals surface area contributed by atoms with Crippen LogP contribution >= 0.6 is 0 Å². The van der Waals surface area contributed by atoms with Crippen molar-refractivity contribution in [3.05, 3.63) is 59.4 Å². The fourth-order valence-electron chi connectivity index (χ4n) is 1.70. The van der Waals surface area contributed by atoms with E-state index in [9.17, 15) is 17.6 Å². The van der Waals surface area contributed by atoms with Crippen LogP contribution in [-0.2, 0) is 10.0 Å². The summed E-state index contributed by atoms with van der Waals surface area (Å²) in [7, 11) is -3.98. The zero-order chi connectivity index (χ0) is 15.6. The molecule has 0 radical (unpaired) electrons. The number of halogens is 1. The molecule has 0 aromatic heterocycles. The first-order valence-electron chi connectivity index (χ1n) is 5.92. The number of carboxylic acids is 1. The number of nitrogens with one attached hydrogen (secondary N) is 1. The van der Waals surface area contributed by atoms with Crippen LogP contribution in [0.1, 0.15) is 15.9 Å². The van der Waals surface area contributed by atoms with E-state index in [4.69, 9.17) is 5.11 Å². The van der Waals surface area contributed by atoms with Gasteiger partial charge in [0.25, 0.3) is 10.0 Å². The normalized spacial score (nSPS) is 11.1. The Kier molecular flexibility index (Phi) is 3.95. The van der Waals surface area contributed by atoms with Gasteiger partial charge in [0.1, 0.15) is 5.82 Å². The fraction of sp³-hybridized carbons (Fsp3) is 0.0714. The molecule has 0 aliphatic rings. The van der Waals surface area contributed by atoms with Gasteiger partial charge in [-0.25, -0.2) is 17.6 Å². The van der Waals surface area contributed by atoms with E-state index < -0.39 is 21.8 Å². The van der Waals surface area contributed by atoms with Gasteiger partial charge in [-0.15, -0.1) is 0 Å². The summed E-state index contributed by atoms with van der Waals surface area (Å²) in [4.78, 5) is 10.6. The van der Waals surface area contributed by atoms with Gasteiger partial charge in [-0.1, -0.05) is 6.07 Å². The molecule has 110 valence electrons. The van der Waals surface area contributed by atoms with E-state index in [1.165, 1.54) is 30.3 Å². The molecule has 5 nitrogen and oxygen atoms in total. The molecule has 2 N–H and O–H groups in total. The second-order valence-electron chi connectivity index (χ2n) is 4.42. The predicted octanol–water partition coefficient (Wildman–Crippen LogP) is 2.63. The molecule has 2 aromatic carbocycles. The minimum atomic E-state index is -3.98. The summed E-state index contributed by atoms with van der Waals surface area (Å²) in [6.07, 6.45) is 0. The van der Waals surface area contributed by atoms with Crippen molar-refractivity contribution >= 4 is 21.7 Å². The third-order valence-corrected chi connectivity index (χ3v) is 4.16. The molecular weight excluding hydrogens is 297 g/mol. The lowest BCUT2D eigenvalue weighted by Crippen LogP contribution is -2.14. The van der Waals surface area contributed by atoms with E-state index in [-0.39, 0.29) is 16.1 Å². The maximum Gasteiger partial charge on any atom is 0.335 e. The van der Waals surface area contributed by atoms with Crippen molar-refractivity contribution in [1.29, 1.82) is 0 Å². The standard InChI is InChI=1S/C14H12FNO4S/c1-9-2-7-12(15)13(8-9)16-21(19,20)11-5-3-10(4-6-11)14(17)18/h2-8,16H,1H3,(H,17,18). The molecule has 0 saturated carbocycles. The number of hydrogen-bond donors (Lipinski definition) is 2. The first kappa shape index (κ1) is 15.0.